The van der Waals surface area contributed by atoms with Crippen molar-refractivity contribution in [2.24, 2.45) is 7.05 Å². The van der Waals surface area contributed by atoms with Gasteiger partial charge in [0.15, 0.2) is 11.6 Å². The number of hydrogen-bond acceptors (Lipinski definition) is 7. The van der Waals surface area contributed by atoms with Crippen molar-refractivity contribution in [3.05, 3.63) is 71.4 Å². The van der Waals surface area contributed by atoms with E-state index in [2.05, 4.69) is 25.5 Å². The van der Waals surface area contributed by atoms with Crippen molar-refractivity contribution < 1.29 is 31.6 Å². The highest BCUT2D eigenvalue weighted by Gasteiger charge is 2.66. The SMILES string of the molecule is COc1nn(C)cc1Cc1ncc(-c2ccc(CC(=O)Nc3cc(C4(C(F)(F)F)CC4)on3)c(F)c2)cn1. The van der Waals surface area contributed by atoms with Gasteiger partial charge in [0.25, 0.3) is 0 Å². The number of nitrogens with one attached hydrogen (secondary N) is 1. The number of carbonyl (C=O) groups excluding carboxylic acids is 1. The Morgan fingerprint density at radius 2 is 1.89 bits per heavy atom. The number of benzene rings is 1. The topological polar surface area (TPSA) is 108 Å². The summed E-state index contributed by atoms with van der Waals surface area (Å²) in [5.74, 6) is -0.752. The third-order valence-corrected chi connectivity index (χ3v) is 6.39. The van der Waals surface area contributed by atoms with E-state index in [4.69, 9.17) is 9.26 Å². The summed E-state index contributed by atoms with van der Waals surface area (Å²) >= 11 is 0. The average molecular weight is 530 g/mol. The van der Waals surface area contributed by atoms with Crippen molar-refractivity contribution in [3.63, 3.8) is 0 Å². The number of methoxy groups -OCH3 is 1. The number of anilines is 1. The van der Waals surface area contributed by atoms with Crippen LogP contribution in [0.15, 0.2) is 47.4 Å². The van der Waals surface area contributed by atoms with Gasteiger partial charge in [0.2, 0.25) is 11.8 Å². The van der Waals surface area contributed by atoms with Crippen molar-refractivity contribution in [2.45, 2.75) is 37.3 Å². The van der Waals surface area contributed by atoms with Crippen LogP contribution >= 0.6 is 0 Å². The van der Waals surface area contributed by atoms with E-state index in [1.54, 1.807) is 30.2 Å². The van der Waals surface area contributed by atoms with Gasteiger partial charge in [0.05, 0.1) is 13.5 Å². The van der Waals surface area contributed by atoms with Crippen molar-refractivity contribution in [1.29, 1.82) is 0 Å². The first-order valence-electron chi connectivity index (χ1n) is 11.6. The second-order valence-electron chi connectivity index (χ2n) is 9.09. The molecule has 3 heterocycles. The highest BCUT2D eigenvalue weighted by molar-refractivity contribution is 5.91. The first-order valence-corrected chi connectivity index (χ1v) is 11.6. The molecule has 198 valence electrons. The molecule has 1 amide bonds. The van der Waals surface area contributed by atoms with Gasteiger partial charge in [-0.2, -0.15) is 13.2 Å². The van der Waals surface area contributed by atoms with Crippen LogP contribution in [0.4, 0.5) is 23.4 Å². The molecule has 4 aromatic rings. The molecule has 0 unspecified atom stereocenters. The normalized spacial score (nSPS) is 14.4. The number of alkyl halides is 3. The number of halogens is 4. The molecule has 1 aromatic carbocycles. The van der Waals surface area contributed by atoms with Crippen molar-refractivity contribution in [2.75, 3.05) is 12.4 Å². The van der Waals surface area contributed by atoms with Gasteiger partial charge in [0, 0.05) is 49.3 Å². The molecule has 1 N–H and O–H groups in total. The van der Waals surface area contributed by atoms with Crippen LogP contribution in [0.1, 0.15) is 35.6 Å². The lowest BCUT2D eigenvalue weighted by molar-refractivity contribution is -0.165. The van der Waals surface area contributed by atoms with Gasteiger partial charge < -0.3 is 14.6 Å². The average Bonchev–Trinajstić information content (AvgIpc) is 3.45. The van der Waals surface area contributed by atoms with E-state index in [9.17, 15) is 22.4 Å². The van der Waals surface area contributed by atoms with Gasteiger partial charge >= 0.3 is 6.18 Å². The fourth-order valence-electron chi connectivity index (χ4n) is 4.16. The van der Waals surface area contributed by atoms with Gasteiger partial charge in [0.1, 0.15) is 17.1 Å². The zero-order chi connectivity index (χ0) is 27.1. The van der Waals surface area contributed by atoms with Crippen LogP contribution < -0.4 is 10.1 Å². The van der Waals surface area contributed by atoms with Crippen molar-refractivity contribution in [3.8, 4) is 17.0 Å². The molecule has 0 spiro atoms. The molecule has 0 bridgehead atoms. The van der Waals surface area contributed by atoms with Crippen LogP contribution in [0.5, 0.6) is 5.88 Å². The second kappa shape index (κ2) is 9.54. The lowest BCUT2D eigenvalue weighted by Gasteiger charge is -2.14. The van der Waals surface area contributed by atoms with E-state index in [0.29, 0.717) is 29.3 Å². The highest BCUT2D eigenvalue weighted by Crippen LogP contribution is 2.59. The Labute approximate surface area is 213 Å². The summed E-state index contributed by atoms with van der Waals surface area (Å²) in [4.78, 5) is 21.1. The number of aromatic nitrogens is 5. The van der Waals surface area contributed by atoms with E-state index < -0.39 is 23.3 Å². The lowest BCUT2D eigenvalue weighted by atomic mass is 10.0. The van der Waals surface area contributed by atoms with E-state index in [-0.39, 0.29) is 36.4 Å². The Balaban J connectivity index is 1.22. The van der Waals surface area contributed by atoms with Gasteiger partial charge in [-0.1, -0.05) is 17.3 Å². The largest absolute Gasteiger partial charge is 0.480 e. The maximum absolute atomic E-state index is 14.8. The summed E-state index contributed by atoms with van der Waals surface area (Å²) in [6, 6.07) is 5.41. The van der Waals surface area contributed by atoms with Crippen LogP contribution in [-0.4, -0.2) is 44.1 Å². The summed E-state index contributed by atoms with van der Waals surface area (Å²) < 4.78 is 66.2. The lowest BCUT2D eigenvalue weighted by Crippen LogP contribution is -2.28. The molecule has 0 saturated heterocycles. The van der Waals surface area contributed by atoms with Crippen LogP contribution in [0.25, 0.3) is 11.1 Å². The van der Waals surface area contributed by atoms with Gasteiger partial charge in [-0.15, -0.1) is 5.10 Å². The maximum Gasteiger partial charge on any atom is 0.401 e. The molecule has 1 fully saturated rings. The standard InChI is InChI=1S/C25H22F4N6O3/c1-35-13-16(23(33-35)37-2)8-20-30-11-17(12-31-20)14-3-4-15(18(26)7-14)9-22(36)32-21-10-19(38-34-21)24(5-6-24)25(27,28)29/h3-4,7,10-13H,5-6,8-9H2,1-2H3,(H,32,34,36). The van der Waals surface area contributed by atoms with Crippen molar-refractivity contribution >= 4 is 11.7 Å². The smallest absolute Gasteiger partial charge is 0.401 e. The number of amides is 1. The van der Waals surface area contributed by atoms with Gasteiger partial charge in [-0.3, -0.25) is 9.48 Å². The number of carbonyl (C=O) groups is 1. The number of hydrogen-bond donors (Lipinski definition) is 1. The maximum atomic E-state index is 14.8. The fraction of sp³-hybridized carbons (Fsp3) is 0.320. The molecule has 1 aliphatic rings. The third-order valence-electron chi connectivity index (χ3n) is 6.39. The first kappa shape index (κ1) is 25.4. The molecular weight excluding hydrogens is 508 g/mol. The van der Waals surface area contributed by atoms with Crippen LogP contribution in [0.2, 0.25) is 0 Å². The zero-order valence-electron chi connectivity index (χ0n) is 20.3. The second-order valence-corrected chi connectivity index (χ2v) is 9.09. The minimum absolute atomic E-state index is 0.0936. The molecule has 0 radical (unpaired) electrons. The Hall–Kier alpha value is -4.29. The third kappa shape index (κ3) is 4.95. The zero-order valence-corrected chi connectivity index (χ0v) is 20.3. The minimum atomic E-state index is -4.46. The highest BCUT2D eigenvalue weighted by atomic mass is 19.4. The molecule has 1 saturated carbocycles. The molecule has 5 rings (SSSR count). The molecule has 0 atom stereocenters. The van der Waals surface area contributed by atoms with E-state index in [0.717, 1.165) is 11.6 Å². The Kier molecular flexibility index (Phi) is 6.37. The van der Waals surface area contributed by atoms with E-state index in [1.807, 2.05) is 6.20 Å². The Bertz CT molecular complexity index is 1480. The quantitative estimate of drug-likeness (QED) is 0.337. The predicted molar refractivity (Wildman–Crippen MR) is 126 cm³/mol. The number of ether oxygens (including phenoxy) is 1. The number of nitrogens with zero attached hydrogens (tertiary/aromatic N) is 5. The number of rotatable bonds is 8. The predicted octanol–water partition coefficient (Wildman–Crippen LogP) is 4.38. The van der Waals surface area contributed by atoms with Crippen LogP contribution in [0.3, 0.4) is 0 Å². The summed E-state index contributed by atoms with van der Waals surface area (Å²) in [6.45, 7) is 0. The molecular formula is C25H22F4N6O3. The van der Waals surface area contributed by atoms with Gasteiger partial charge in [-0.25, -0.2) is 14.4 Å². The molecule has 0 aliphatic heterocycles. The summed E-state index contributed by atoms with van der Waals surface area (Å²) in [5, 5.41) is 10.1. The van der Waals surface area contributed by atoms with E-state index >= 15 is 0 Å². The molecule has 3 aromatic heterocycles. The van der Waals surface area contributed by atoms with Gasteiger partial charge in [-0.05, 0) is 30.0 Å². The summed E-state index contributed by atoms with van der Waals surface area (Å²) in [5.41, 5.74) is -0.0232. The molecule has 9 nitrogen and oxygen atoms in total. The van der Waals surface area contributed by atoms with E-state index in [1.165, 1.54) is 19.2 Å². The molecule has 1 aliphatic carbocycles. The summed E-state index contributed by atoms with van der Waals surface area (Å²) in [6.07, 6.45) is 0.368. The molecule has 38 heavy (non-hydrogen) atoms. The number of aryl methyl sites for hydroxylation is 1. The Morgan fingerprint density at radius 1 is 1.16 bits per heavy atom. The Morgan fingerprint density at radius 3 is 2.53 bits per heavy atom. The minimum Gasteiger partial charge on any atom is -0.480 e. The molecule has 13 heteroatoms. The van der Waals surface area contributed by atoms with Crippen molar-refractivity contribution in [1.82, 2.24) is 24.9 Å². The fourth-order valence-corrected chi connectivity index (χ4v) is 4.16. The van der Waals surface area contributed by atoms with Crippen LogP contribution in [0, 0.1) is 5.82 Å². The monoisotopic (exact) mass is 530 g/mol. The summed E-state index contributed by atoms with van der Waals surface area (Å²) in [7, 11) is 3.31. The van der Waals surface area contributed by atoms with Crippen LogP contribution in [-0.2, 0) is 30.1 Å². The first-order chi connectivity index (χ1) is 18.1.